The molecule has 0 bridgehead atoms. The van der Waals surface area contributed by atoms with E-state index >= 15 is 0 Å². The van der Waals surface area contributed by atoms with Crippen molar-refractivity contribution in [3.05, 3.63) is 69.2 Å². The summed E-state index contributed by atoms with van der Waals surface area (Å²) in [5.74, 6) is 0. The Bertz CT molecular complexity index is 905. The maximum absolute atomic E-state index is 11.0. The molecule has 6 heteroatoms. The predicted molar refractivity (Wildman–Crippen MR) is 86.2 cm³/mol. The van der Waals surface area contributed by atoms with Crippen molar-refractivity contribution < 1.29 is 4.92 Å². The first-order valence-corrected chi connectivity index (χ1v) is 7.22. The van der Waals surface area contributed by atoms with Crippen LogP contribution in [0.2, 0.25) is 0 Å². The highest BCUT2D eigenvalue weighted by molar-refractivity contribution is 7.19. The molecule has 3 rings (SSSR count). The second kappa shape index (κ2) is 5.76. The smallest absolute Gasteiger partial charge is 0.258 e. The lowest BCUT2D eigenvalue weighted by Crippen LogP contribution is -1.91. The molecule has 1 heterocycles. The van der Waals surface area contributed by atoms with E-state index in [1.165, 1.54) is 23.5 Å². The van der Waals surface area contributed by atoms with E-state index in [2.05, 4.69) is 11.1 Å². The molecule has 0 aliphatic rings. The number of fused-ring (bicyclic) bond motifs is 1. The van der Waals surface area contributed by atoms with Gasteiger partial charge >= 0.3 is 0 Å². The van der Waals surface area contributed by atoms with Gasteiger partial charge in [-0.2, -0.15) is 5.26 Å². The van der Waals surface area contributed by atoms with Gasteiger partial charge < -0.3 is 0 Å². The molecule has 0 saturated carbocycles. The van der Waals surface area contributed by atoms with Crippen LogP contribution in [0.25, 0.3) is 21.9 Å². The van der Waals surface area contributed by atoms with Crippen molar-refractivity contribution in [3.8, 4) is 6.07 Å². The van der Waals surface area contributed by atoms with E-state index < -0.39 is 4.92 Å². The Hall–Kier alpha value is -3.04. The third-order valence-electron chi connectivity index (χ3n) is 3.08. The van der Waals surface area contributed by atoms with E-state index in [0.717, 1.165) is 10.2 Å². The molecular formula is C16H9N3O2S. The molecule has 106 valence electrons. The number of hydrogen-bond donors (Lipinski definition) is 0. The summed E-state index contributed by atoms with van der Waals surface area (Å²) in [7, 11) is 0. The summed E-state index contributed by atoms with van der Waals surface area (Å²) in [6.07, 6.45) is 1.51. The first-order valence-electron chi connectivity index (χ1n) is 6.40. The van der Waals surface area contributed by atoms with Gasteiger partial charge in [-0.05, 0) is 24.3 Å². The highest BCUT2D eigenvalue weighted by Crippen LogP contribution is 2.29. The highest BCUT2D eigenvalue weighted by Gasteiger charge is 2.14. The number of nitrogens with zero attached hydrogens (tertiary/aromatic N) is 3. The maximum Gasteiger partial charge on any atom is 0.276 e. The fourth-order valence-corrected chi connectivity index (χ4v) is 2.99. The summed E-state index contributed by atoms with van der Waals surface area (Å²) in [5.41, 5.74) is 1.49. The molecule has 0 spiro atoms. The molecule has 0 N–H and O–H groups in total. The van der Waals surface area contributed by atoms with Crippen LogP contribution in [0.5, 0.6) is 0 Å². The van der Waals surface area contributed by atoms with Crippen LogP contribution >= 0.6 is 11.3 Å². The summed E-state index contributed by atoms with van der Waals surface area (Å²) in [6.45, 7) is 0. The van der Waals surface area contributed by atoms with Crippen molar-refractivity contribution in [3.63, 3.8) is 0 Å². The molecule has 1 aromatic heterocycles. The first kappa shape index (κ1) is 13.9. The zero-order valence-corrected chi connectivity index (χ0v) is 12.1. The molecule has 22 heavy (non-hydrogen) atoms. The molecule has 0 unspecified atom stereocenters. The summed E-state index contributed by atoms with van der Waals surface area (Å²) in [6, 6.07) is 16.0. The summed E-state index contributed by atoms with van der Waals surface area (Å²) < 4.78 is 0.973. The molecule has 3 aromatic rings. The van der Waals surface area contributed by atoms with Gasteiger partial charge in [0.2, 0.25) is 0 Å². The van der Waals surface area contributed by atoms with E-state index in [1.807, 2.05) is 24.3 Å². The van der Waals surface area contributed by atoms with Gasteiger partial charge in [-0.25, -0.2) is 4.98 Å². The van der Waals surface area contributed by atoms with Crippen LogP contribution in [0, 0.1) is 21.4 Å². The van der Waals surface area contributed by atoms with E-state index in [9.17, 15) is 15.4 Å². The average molecular weight is 307 g/mol. The number of benzene rings is 2. The molecule has 0 atom stereocenters. The number of allylic oxidation sites excluding steroid dienone is 1. The van der Waals surface area contributed by atoms with E-state index in [0.29, 0.717) is 16.1 Å². The lowest BCUT2D eigenvalue weighted by atomic mass is 10.1. The maximum atomic E-state index is 11.0. The zero-order valence-electron chi connectivity index (χ0n) is 11.3. The Morgan fingerprint density at radius 3 is 2.68 bits per heavy atom. The van der Waals surface area contributed by atoms with Gasteiger partial charge in [-0.15, -0.1) is 11.3 Å². The second-order valence-electron chi connectivity index (χ2n) is 4.47. The van der Waals surface area contributed by atoms with E-state index in [-0.39, 0.29) is 5.69 Å². The second-order valence-corrected chi connectivity index (χ2v) is 5.50. The molecule has 0 aliphatic carbocycles. The van der Waals surface area contributed by atoms with Crippen LogP contribution < -0.4 is 0 Å². The van der Waals surface area contributed by atoms with Crippen LogP contribution in [0.3, 0.4) is 0 Å². The summed E-state index contributed by atoms with van der Waals surface area (Å²) in [4.78, 5) is 15.0. The monoisotopic (exact) mass is 307 g/mol. The van der Waals surface area contributed by atoms with E-state index in [1.54, 1.807) is 18.2 Å². The number of para-hydroxylation sites is 2. The van der Waals surface area contributed by atoms with Gasteiger partial charge in [0.1, 0.15) is 11.1 Å². The zero-order chi connectivity index (χ0) is 15.5. The Morgan fingerprint density at radius 1 is 1.23 bits per heavy atom. The van der Waals surface area contributed by atoms with Gasteiger partial charge in [-0.1, -0.05) is 24.3 Å². The third-order valence-corrected chi connectivity index (χ3v) is 4.15. The number of rotatable bonds is 3. The van der Waals surface area contributed by atoms with Crippen LogP contribution in [-0.4, -0.2) is 9.91 Å². The summed E-state index contributed by atoms with van der Waals surface area (Å²) in [5, 5.41) is 21.0. The number of thiazole rings is 1. The highest BCUT2D eigenvalue weighted by atomic mass is 32.1. The molecule has 5 nitrogen and oxygen atoms in total. The molecule has 0 radical (unpaired) electrons. The fraction of sp³-hybridized carbons (Fsp3) is 0. The summed E-state index contributed by atoms with van der Waals surface area (Å²) >= 11 is 1.39. The third kappa shape index (κ3) is 2.57. The lowest BCUT2D eigenvalue weighted by molar-refractivity contribution is -0.385. The van der Waals surface area contributed by atoms with Gasteiger partial charge in [0.25, 0.3) is 5.69 Å². The molecule has 2 aromatic carbocycles. The topological polar surface area (TPSA) is 79.8 Å². The van der Waals surface area contributed by atoms with Crippen molar-refractivity contribution in [2.45, 2.75) is 0 Å². The van der Waals surface area contributed by atoms with Crippen molar-refractivity contribution in [2.24, 2.45) is 0 Å². The van der Waals surface area contributed by atoms with Crippen LogP contribution in [0.1, 0.15) is 10.6 Å². The minimum Gasteiger partial charge on any atom is -0.258 e. The average Bonchev–Trinajstić information content (AvgIpc) is 2.96. The predicted octanol–water partition coefficient (Wildman–Crippen LogP) is 4.27. The van der Waals surface area contributed by atoms with Crippen molar-refractivity contribution >= 4 is 38.9 Å². The molecule has 0 amide bonds. The number of aromatic nitrogens is 1. The molecule has 0 saturated heterocycles. The number of nitro groups is 1. The number of nitriles is 1. The SMILES string of the molecule is N#CC(=Cc1ccccc1[N+](=O)[O-])c1nc2ccccc2s1. The Kier molecular flexibility index (Phi) is 3.64. The normalized spacial score (nSPS) is 11.3. The van der Waals surface area contributed by atoms with Gasteiger partial charge in [0, 0.05) is 6.07 Å². The van der Waals surface area contributed by atoms with Crippen LogP contribution in [-0.2, 0) is 0 Å². The molecule has 0 fully saturated rings. The largest absolute Gasteiger partial charge is 0.276 e. The molecular weight excluding hydrogens is 298 g/mol. The lowest BCUT2D eigenvalue weighted by Gasteiger charge is -1.97. The quantitative estimate of drug-likeness (QED) is 0.411. The molecule has 0 aliphatic heterocycles. The fourth-order valence-electron chi connectivity index (χ4n) is 2.06. The van der Waals surface area contributed by atoms with Gasteiger partial charge in [0.15, 0.2) is 0 Å². The van der Waals surface area contributed by atoms with Crippen LogP contribution in [0.15, 0.2) is 48.5 Å². The Balaban J connectivity index is 2.12. The Labute approximate surface area is 129 Å². The number of nitro benzene ring substituents is 1. The first-order chi connectivity index (χ1) is 10.7. The standard InChI is InChI=1S/C16H9N3O2S/c17-10-12(9-11-5-1-3-7-14(11)19(20)21)16-18-13-6-2-4-8-15(13)22-16/h1-9H. The number of hydrogen-bond acceptors (Lipinski definition) is 5. The van der Waals surface area contributed by atoms with Gasteiger partial charge in [0.05, 0.1) is 26.3 Å². The van der Waals surface area contributed by atoms with Crippen LogP contribution in [0.4, 0.5) is 5.69 Å². The minimum atomic E-state index is -0.459. The Morgan fingerprint density at radius 2 is 1.95 bits per heavy atom. The minimum absolute atomic E-state index is 0.0311. The van der Waals surface area contributed by atoms with Crippen molar-refractivity contribution in [2.75, 3.05) is 0 Å². The van der Waals surface area contributed by atoms with Crippen molar-refractivity contribution in [1.29, 1.82) is 5.26 Å². The van der Waals surface area contributed by atoms with Crippen molar-refractivity contribution in [1.82, 2.24) is 4.98 Å². The van der Waals surface area contributed by atoms with E-state index in [4.69, 9.17) is 0 Å². The van der Waals surface area contributed by atoms with Gasteiger partial charge in [-0.3, -0.25) is 10.1 Å².